The summed E-state index contributed by atoms with van der Waals surface area (Å²) >= 11 is 0. The first-order valence-corrected chi connectivity index (χ1v) is 13.6. The minimum atomic E-state index is -0.279. The Balaban J connectivity index is 1.51. The lowest BCUT2D eigenvalue weighted by atomic mass is 10.0. The van der Waals surface area contributed by atoms with Crippen LogP contribution in [0.25, 0.3) is 22.2 Å². The van der Waals surface area contributed by atoms with Crippen LogP contribution in [-0.2, 0) is 16.0 Å². The molecule has 1 amide bonds. The largest absolute Gasteiger partial charge is 0.497 e. The molecule has 0 aliphatic rings. The molecule has 1 atom stereocenters. The molecule has 0 saturated carbocycles. The zero-order valence-electron chi connectivity index (χ0n) is 23.2. The highest BCUT2D eigenvalue weighted by Gasteiger charge is 2.20. The first kappa shape index (κ1) is 28.0. The molecule has 0 saturated heterocycles. The van der Waals surface area contributed by atoms with E-state index in [2.05, 4.69) is 20.3 Å². The molecule has 2 aromatic heterocycles. The highest BCUT2D eigenvalue weighted by atomic mass is 16.5. The van der Waals surface area contributed by atoms with Crippen molar-refractivity contribution < 1.29 is 19.1 Å². The summed E-state index contributed by atoms with van der Waals surface area (Å²) in [6.45, 7) is 3.88. The lowest BCUT2D eigenvalue weighted by molar-refractivity contribution is -0.121. The van der Waals surface area contributed by atoms with E-state index in [4.69, 9.17) is 9.47 Å². The number of methoxy groups -OCH3 is 2. The number of amides is 1. The van der Waals surface area contributed by atoms with E-state index in [1.807, 2.05) is 56.3 Å². The highest BCUT2D eigenvalue weighted by molar-refractivity contribution is 5.91. The van der Waals surface area contributed by atoms with Gasteiger partial charge in [0.05, 0.1) is 38.6 Å². The predicted octanol–water partition coefficient (Wildman–Crippen LogP) is 6.21. The van der Waals surface area contributed by atoms with Crippen molar-refractivity contribution in [2.24, 2.45) is 0 Å². The fraction of sp³-hybridized carbons (Fsp3) is 0.387. The molecule has 0 fully saturated rings. The van der Waals surface area contributed by atoms with E-state index in [1.165, 1.54) is 0 Å². The third-order valence-electron chi connectivity index (χ3n) is 7.15. The van der Waals surface area contributed by atoms with Crippen LogP contribution in [0.15, 0.2) is 48.7 Å². The summed E-state index contributed by atoms with van der Waals surface area (Å²) in [5.41, 5.74) is 4.71. The van der Waals surface area contributed by atoms with Crippen molar-refractivity contribution in [3.05, 3.63) is 65.7 Å². The summed E-state index contributed by atoms with van der Waals surface area (Å²) < 4.78 is 10.8. The Morgan fingerprint density at radius 2 is 1.79 bits per heavy atom. The van der Waals surface area contributed by atoms with Crippen molar-refractivity contribution >= 4 is 22.6 Å². The standard InChI is InChI=1S/C31H38N4O4/c1-5-22(36)11-7-6-8-13-28(31-32-19-29(35-31)21-10-9-12-23(16-21)38-3)34-30(37)18-25-20(2)33-27-15-14-24(39-4)17-26(25)27/h9-10,12,14-17,19,28,33H,5-8,11,13,18H2,1-4H3,(H,32,35)(H,34,37). The molecule has 0 aliphatic carbocycles. The number of fused-ring (bicyclic) bond motifs is 1. The minimum Gasteiger partial charge on any atom is -0.497 e. The number of aromatic amines is 2. The monoisotopic (exact) mass is 530 g/mol. The Labute approximate surface area is 229 Å². The average Bonchev–Trinajstić information content (AvgIpc) is 3.56. The lowest BCUT2D eigenvalue weighted by Gasteiger charge is -2.17. The number of H-pyrrole nitrogens is 2. The van der Waals surface area contributed by atoms with Gasteiger partial charge in [0.15, 0.2) is 0 Å². The molecule has 8 nitrogen and oxygen atoms in total. The first-order valence-electron chi connectivity index (χ1n) is 13.6. The molecule has 0 bridgehead atoms. The smallest absolute Gasteiger partial charge is 0.225 e. The van der Waals surface area contributed by atoms with E-state index < -0.39 is 0 Å². The normalized spacial score (nSPS) is 11.9. The molecule has 206 valence electrons. The third kappa shape index (κ3) is 7.07. The maximum Gasteiger partial charge on any atom is 0.225 e. The summed E-state index contributed by atoms with van der Waals surface area (Å²) in [7, 11) is 3.28. The van der Waals surface area contributed by atoms with Crippen LogP contribution in [0.3, 0.4) is 0 Å². The molecular weight excluding hydrogens is 492 g/mol. The number of benzene rings is 2. The quantitative estimate of drug-likeness (QED) is 0.168. The van der Waals surface area contributed by atoms with Gasteiger partial charge in [-0.05, 0) is 55.7 Å². The summed E-state index contributed by atoms with van der Waals surface area (Å²) in [6, 6.07) is 13.3. The Hall–Kier alpha value is -4.07. The number of ketones is 1. The van der Waals surface area contributed by atoms with Crippen molar-refractivity contribution in [1.82, 2.24) is 20.3 Å². The summed E-state index contributed by atoms with van der Waals surface area (Å²) in [5.74, 6) is 2.44. The number of carbonyl (C=O) groups is 2. The van der Waals surface area contributed by atoms with Crippen molar-refractivity contribution in [2.45, 2.75) is 64.8 Å². The maximum atomic E-state index is 13.4. The lowest BCUT2D eigenvalue weighted by Crippen LogP contribution is -2.30. The van der Waals surface area contributed by atoms with Crippen molar-refractivity contribution in [3.63, 3.8) is 0 Å². The summed E-state index contributed by atoms with van der Waals surface area (Å²) in [5, 5.41) is 4.20. The van der Waals surface area contributed by atoms with Gasteiger partial charge in [-0.25, -0.2) is 4.98 Å². The van der Waals surface area contributed by atoms with Gasteiger partial charge >= 0.3 is 0 Å². The maximum absolute atomic E-state index is 13.4. The number of nitrogens with one attached hydrogen (secondary N) is 3. The number of aromatic nitrogens is 3. The Morgan fingerprint density at radius 1 is 1.00 bits per heavy atom. The van der Waals surface area contributed by atoms with E-state index in [0.717, 1.165) is 70.6 Å². The number of nitrogens with zero attached hydrogens (tertiary/aromatic N) is 1. The van der Waals surface area contributed by atoms with Crippen molar-refractivity contribution in [1.29, 1.82) is 0 Å². The second-order valence-electron chi connectivity index (χ2n) is 9.84. The van der Waals surface area contributed by atoms with Gasteiger partial charge in [-0.3, -0.25) is 9.59 Å². The molecule has 39 heavy (non-hydrogen) atoms. The number of Topliss-reactive ketones (excluding diaryl/α,β-unsaturated/α-hetero) is 1. The minimum absolute atomic E-state index is 0.0766. The number of aryl methyl sites for hydroxylation is 1. The van der Waals surface area contributed by atoms with E-state index in [-0.39, 0.29) is 18.4 Å². The molecule has 4 rings (SSSR count). The van der Waals surface area contributed by atoms with Crippen molar-refractivity contribution in [3.8, 4) is 22.8 Å². The molecule has 0 aliphatic heterocycles. The van der Waals surface area contributed by atoms with E-state index in [1.54, 1.807) is 20.4 Å². The fourth-order valence-electron chi connectivity index (χ4n) is 4.87. The van der Waals surface area contributed by atoms with Crippen LogP contribution < -0.4 is 14.8 Å². The molecule has 4 aromatic rings. The second kappa shape index (κ2) is 13.1. The van der Waals surface area contributed by atoms with Crippen LogP contribution in [0, 0.1) is 6.92 Å². The zero-order chi connectivity index (χ0) is 27.8. The molecule has 2 aromatic carbocycles. The first-order chi connectivity index (χ1) is 18.9. The van der Waals surface area contributed by atoms with Gasteiger partial charge in [-0.15, -0.1) is 0 Å². The SMILES string of the molecule is CCC(=O)CCCCCC(NC(=O)Cc1c(C)[nH]c2ccc(OC)cc12)c1ncc(-c2cccc(OC)c2)[nH]1. The molecule has 0 spiro atoms. The van der Waals surface area contributed by atoms with Crippen LogP contribution in [0.4, 0.5) is 0 Å². The number of hydrogen-bond acceptors (Lipinski definition) is 5. The van der Waals surface area contributed by atoms with Crippen LogP contribution in [0.2, 0.25) is 0 Å². The number of carbonyl (C=O) groups excluding carboxylic acids is 2. The predicted molar refractivity (Wildman–Crippen MR) is 153 cm³/mol. The molecule has 3 N–H and O–H groups in total. The van der Waals surface area contributed by atoms with E-state index in [0.29, 0.717) is 24.4 Å². The molecule has 1 unspecified atom stereocenters. The molecule has 2 heterocycles. The van der Waals surface area contributed by atoms with Crippen LogP contribution in [0.5, 0.6) is 11.5 Å². The van der Waals surface area contributed by atoms with Crippen LogP contribution in [0.1, 0.15) is 68.6 Å². The van der Waals surface area contributed by atoms with E-state index in [9.17, 15) is 9.59 Å². The molecular formula is C31H38N4O4. The number of unbranched alkanes of at least 4 members (excludes halogenated alkanes) is 2. The van der Waals surface area contributed by atoms with Gasteiger partial charge in [-0.2, -0.15) is 0 Å². The Morgan fingerprint density at radius 3 is 2.56 bits per heavy atom. The number of hydrogen-bond donors (Lipinski definition) is 3. The van der Waals surface area contributed by atoms with Crippen molar-refractivity contribution in [2.75, 3.05) is 14.2 Å². The van der Waals surface area contributed by atoms with Gasteiger partial charge in [0, 0.05) is 35.0 Å². The number of ether oxygens (including phenoxy) is 2. The van der Waals surface area contributed by atoms with Gasteiger partial charge in [0.25, 0.3) is 0 Å². The number of imidazole rings is 1. The Bertz CT molecular complexity index is 1420. The third-order valence-corrected chi connectivity index (χ3v) is 7.15. The number of rotatable bonds is 14. The second-order valence-corrected chi connectivity index (χ2v) is 9.84. The van der Waals surface area contributed by atoms with Crippen LogP contribution in [-0.4, -0.2) is 40.9 Å². The summed E-state index contributed by atoms with van der Waals surface area (Å²) in [4.78, 5) is 36.5. The average molecular weight is 531 g/mol. The van der Waals surface area contributed by atoms with Gasteiger partial charge in [-0.1, -0.05) is 31.9 Å². The van der Waals surface area contributed by atoms with Gasteiger partial charge < -0.3 is 24.8 Å². The molecule has 8 heteroatoms. The van der Waals surface area contributed by atoms with Gasteiger partial charge in [0.2, 0.25) is 5.91 Å². The zero-order valence-corrected chi connectivity index (χ0v) is 23.2. The Kier molecular flexibility index (Phi) is 9.41. The summed E-state index contributed by atoms with van der Waals surface area (Å²) in [6.07, 6.45) is 6.59. The fourth-order valence-corrected chi connectivity index (χ4v) is 4.87. The highest BCUT2D eigenvalue weighted by Crippen LogP contribution is 2.28. The van der Waals surface area contributed by atoms with Gasteiger partial charge in [0.1, 0.15) is 23.1 Å². The van der Waals surface area contributed by atoms with E-state index >= 15 is 0 Å². The van der Waals surface area contributed by atoms with Crippen LogP contribution >= 0.6 is 0 Å². The molecule has 0 radical (unpaired) electrons. The topological polar surface area (TPSA) is 109 Å².